The molecular weight excluding hydrogens is 304 g/mol. The van der Waals surface area contributed by atoms with Crippen LogP contribution in [0.4, 0.5) is 4.79 Å². The van der Waals surface area contributed by atoms with Crippen molar-refractivity contribution in [3.8, 4) is 0 Å². The zero-order valence-corrected chi connectivity index (χ0v) is 14.9. The van der Waals surface area contributed by atoms with Crippen LogP contribution in [0.15, 0.2) is 0 Å². The number of rotatable bonds is 6. The molecule has 3 fully saturated rings. The summed E-state index contributed by atoms with van der Waals surface area (Å²) in [7, 11) is 0. The number of hydrogen-bond acceptors (Lipinski definition) is 3. The largest absolute Gasteiger partial charge is 0.352 e. The highest BCUT2D eigenvalue weighted by atomic mass is 16.2. The Morgan fingerprint density at radius 2 is 1.71 bits per heavy atom. The van der Waals surface area contributed by atoms with E-state index in [4.69, 9.17) is 0 Å². The van der Waals surface area contributed by atoms with E-state index in [0.717, 1.165) is 44.8 Å². The van der Waals surface area contributed by atoms with Crippen molar-refractivity contribution < 1.29 is 9.59 Å². The predicted molar refractivity (Wildman–Crippen MR) is 93.7 cm³/mol. The highest BCUT2D eigenvalue weighted by Crippen LogP contribution is 2.26. The third kappa shape index (κ3) is 4.85. The molecule has 24 heavy (non-hydrogen) atoms. The summed E-state index contributed by atoms with van der Waals surface area (Å²) >= 11 is 0. The predicted octanol–water partition coefficient (Wildman–Crippen LogP) is 1.56. The van der Waals surface area contributed by atoms with Crippen LogP contribution in [0.25, 0.3) is 0 Å². The van der Waals surface area contributed by atoms with Gasteiger partial charge in [0.05, 0.1) is 6.04 Å². The first-order valence-electron chi connectivity index (χ1n) is 9.70. The normalized spacial score (nSPS) is 24.0. The zero-order chi connectivity index (χ0) is 16.9. The van der Waals surface area contributed by atoms with Crippen LogP contribution < -0.4 is 10.6 Å². The molecule has 2 aliphatic carbocycles. The molecule has 0 bridgehead atoms. The van der Waals surface area contributed by atoms with E-state index in [1.54, 1.807) is 0 Å². The highest BCUT2D eigenvalue weighted by molar-refractivity contribution is 5.82. The summed E-state index contributed by atoms with van der Waals surface area (Å²) in [6.45, 7) is 5.72. The molecule has 3 aliphatic rings. The van der Waals surface area contributed by atoms with Crippen molar-refractivity contribution in [3.05, 3.63) is 0 Å². The quantitative estimate of drug-likeness (QED) is 0.774. The van der Waals surface area contributed by atoms with Crippen molar-refractivity contribution in [1.29, 1.82) is 0 Å². The molecule has 1 heterocycles. The third-order valence-electron chi connectivity index (χ3n) is 5.76. The Morgan fingerprint density at radius 3 is 2.33 bits per heavy atom. The Labute approximate surface area is 145 Å². The lowest BCUT2D eigenvalue weighted by Gasteiger charge is -2.37. The van der Waals surface area contributed by atoms with Crippen molar-refractivity contribution in [1.82, 2.24) is 20.4 Å². The van der Waals surface area contributed by atoms with Gasteiger partial charge in [-0.3, -0.25) is 9.69 Å². The number of nitrogens with zero attached hydrogens (tertiary/aromatic N) is 2. The van der Waals surface area contributed by atoms with E-state index < -0.39 is 0 Å². The van der Waals surface area contributed by atoms with Gasteiger partial charge in [-0.1, -0.05) is 25.7 Å². The minimum absolute atomic E-state index is 0.0581. The van der Waals surface area contributed by atoms with Crippen molar-refractivity contribution >= 4 is 11.9 Å². The molecular formula is C18H32N4O2. The monoisotopic (exact) mass is 336 g/mol. The number of carbonyl (C=O) groups is 2. The van der Waals surface area contributed by atoms with Gasteiger partial charge in [0.25, 0.3) is 0 Å². The van der Waals surface area contributed by atoms with Crippen molar-refractivity contribution in [3.63, 3.8) is 0 Å². The molecule has 0 aromatic rings. The number of hydrogen-bond donors (Lipinski definition) is 2. The summed E-state index contributed by atoms with van der Waals surface area (Å²) in [5.74, 6) is 0.944. The van der Waals surface area contributed by atoms with Gasteiger partial charge in [0.15, 0.2) is 0 Å². The maximum atomic E-state index is 12.3. The Bertz CT molecular complexity index is 438. The average molecular weight is 336 g/mol. The molecule has 0 radical (unpaired) electrons. The van der Waals surface area contributed by atoms with Gasteiger partial charge in [-0.15, -0.1) is 0 Å². The molecule has 0 aromatic heterocycles. The number of urea groups is 1. The van der Waals surface area contributed by atoms with Gasteiger partial charge in [-0.2, -0.15) is 0 Å². The molecule has 2 saturated carbocycles. The lowest BCUT2D eigenvalue weighted by molar-refractivity contribution is -0.126. The van der Waals surface area contributed by atoms with Crippen LogP contribution in [0, 0.1) is 5.92 Å². The Balaban J connectivity index is 1.33. The summed E-state index contributed by atoms with van der Waals surface area (Å²) in [6, 6.07) is 0.368. The lowest BCUT2D eigenvalue weighted by atomic mass is 10.0. The molecule has 2 N–H and O–H groups in total. The van der Waals surface area contributed by atoms with Crippen LogP contribution in [0.5, 0.6) is 0 Å². The summed E-state index contributed by atoms with van der Waals surface area (Å²) in [5, 5.41) is 6.14. The second kappa shape index (κ2) is 8.19. The fourth-order valence-electron chi connectivity index (χ4n) is 3.82. The number of piperazine rings is 1. The second-order valence-corrected chi connectivity index (χ2v) is 7.65. The molecule has 3 amide bonds. The fourth-order valence-corrected chi connectivity index (χ4v) is 3.82. The number of amides is 3. The van der Waals surface area contributed by atoms with Crippen LogP contribution in [-0.4, -0.2) is 66.5 Å². The maximum Gasteiger partial charge on any atom is 0.317 e. The van der Waals surface area contributed by atoms with Crippen LogP contribution in [0.2, 0.25) is 0 Å². The first-order chi connectivity index (χ1) is 11.6. The third-order valence-corrected chi connectivity index (χ3v) is 5.76. The van der Waals surface area contributed by atoms with Gasteiger partial charge in [0, 0.05) is 38.8 Å². The van der Waals surface area contributed by atoms with Gasteiger partial charge < -0.3 is 15.5 Å². The smallest absolute Gasteiger partial charge is 0.317 e. The van der Waals surface area contributed by atoms with Gasteiger partial charge in [-0.25, -0.2) is 4.79 Å². The van der Waals surface area contributed by atoms with E-state index in [9.17, 15) is 9.59 Å². The molecule has 0 aromatic carbocycles. The highest BCUT2D eigenvalue weighted by Gasteiger charge is 2.30. The number of nitrogens with one attached hydrogen (secondary N) is 2. The Hall–Kier alpha value is -1.30. The van der Waals surface area contributed by atoms with Gasteiger partial charge in [0.2, 0.25) is 5.91 Å². The van der Waals surface area contributed by atoms with Gasteiger partial charge >= 0.3 is 6.03 Å². The molecule has 6 nitrogen and oxygen atoms in total. The van der Waals surface area contributed by atoms with E-state index in [-0.39, 0.29) is 18.0 Å². The lowest BCUT2D eigenvalue weighted by Crippen LogP contribution is -2.56. The topological polar surface area (TPSA) is 64.7 Å². The first kappa shape index (κ1) is 17.5. The van der Waals surface area contributed by atoms with E-state index >= 15 is 0 Å². The van der Waals surface area contributed by atoms with Gasteiger partial charge in [-0.05, 0) is 32.1 Å². The maximum absolute atomic E-state index is 12.3. The van der Waals surface area contributed by atoms with Crippen LogP contribution in [0.1, 0.15) is 51.9 Å². The van der Waals surface area contributed by atoms with Crippen molar-refractivity contribution in [2.24, 2.45) is 5.92 Å². The molecule has 136 valence electrons. The van der Waals surface area contributed by atoms with Crippen molar-refractivity contribution in [2.75, 3.05) is 32.7 Å². The minimum atomic E-state index is -0.0989. The molecule has 0 spiro atoms. The van der Waals surface area contributed by atoms with E-state index in [0.29, 0.717) is 19.1 Å². The van der Waals surface area contributed by atoms with Crippen molar-refractivity contribution in [2.45, 2.75) is 64.0 Å². The standard InChI is InChI=1S/C18H32N4O2/c1-14(17(23)20-16-6-7-16)21-10-12-22(13-11-21)18(24)19-9-8-15-4-2-3-5-15/h14-16H,2-13H2,1H3,(H,19,24)(H,20,23). The molecule has 1 unspecified atom stereocenters. The Kier molecular flexibility index (Phi) is 5.98. The van der Waals surface area contributed by atoms with Crippen LogP contribution >= 0.6 is 0 Å². The Morgan fingerprint density at radius 1 is 1.04 bits per heavy atom. The summed E-state index contributed by atoms with van der Waals surface area (Å²) in [4.78, 5) is 28.4. The number of carbonyl (C=O) groups excluding carboxylic acids is 2. The second-order valence-electron chi connectivity index (χ2n) is 7.65. The fraction of sp³-hybridized carbons (Fsp3) is 0.889. The molecule has 1 saturated heterocycles. The van der Waals surface area contributed by atoms with Crippen LogP contribution in [-0.2, 0) is 4.79 Å². The van der Waals surface area contributed by atoms with E-state index in [1.165, 1.54) is 25.7 Å². The summed E-state index contributed by atoms with van der Waals surface area (Å²) < 4.78 is 0. The van der Waals surface area contributed by atoms with E-state index in [2.05, 4.69) is 15.5 Å². The average Bonchev–Trinajstić information content (AvgIpc) is 3.26. The first-order valence-corrected chi connectivity index (χ1v) is 9.70. The molecule has 6 heteroatoms. The molecule has 3 rings (SSSR count). The summed E-state index contributed by atoms with van der Waals surface area (Å²) in [6.07, 6.45) is 8.72. The van der Waals surface area contributed by atoms with Gasteiger partial charge in [0.1, 0.15) is 0 Å². The zero-order valence-electron chi connectivity index (χ0n) is 14.9. The molecule has 1 aliphatic heterocycles. The van der Waals surface area contributed by atoms with Crippen LogP contribution in [0.3, 0.4) is 0 Å². The SMILES string of the molecule is CC(C(=O)NC1CC1)N1CCN(C(=O)NCCC2CCCC2)CC1. The van der Waals surface area contributed by atoms with E-state index in [1.807, 2.05) is 11.8 Å². The molecule has 1 atom stereocenters. The summed E-state index contributed by atoms with van der Waals surface area (Å²) in [5.41, 5.74) is 0. The minimum Gasteiger partial charge on any atom is -0.352 e.